The van der Waals surface area contributed by atoms with Gasteiger partial charge in [0, 0.05) is 21.3 Å². The van der Waals surface area contributed by atoms with E-state index < -0.39 is 0 Å². The van der Waals surface area contributed by atoms with Gasteiger partial charge in [-0.2, -0.15) is 0 Å². The summed E-state index contributed by atoms with van der Waals surface area (Å²) in [6.45, 7) is 0. The van der Waals surface area contributed by atoms with Crippen molar-refractivity contribution in [1.29, 1.82) is 0 Å². The van der Waals surface area contributed by atoms with Gasteiger partial charge in [0.1, 0.15) is 11.6 Å². The maximum absolute atomic E-state index is 12.2. The maximum atomic E-state index is 12.2. The van der Waals surface area contributed by atoms with Crippen molar-refractivity contribution in [2.45, 2.75) is 0 Å². The van der Waals surface area contributed by atoms with Crippen molar-refractivity contribution in [2.75, 3.05) is 10.6 Å². The van der Waals surface area contributed by atoms with Crippen molar-refractivity contribution in [3.05, 3.63) is 44.6 Å². The third-order valence-electron chi connectivity index (χ3n) is 2.66. The summed E-state index contributed by atoms with van der Waals surface area (Å²) in [5.74, 6) is -0.350. The number of anilines is 2. The number of aromatic nitrogens is 2. The highest BCUT2D eigenvalue weighted by molar-refractivity contribution is 9.10. The van der Waals surface area contributed by atoms with Gasteiger partial charge in [-0.25, -0.2) is 9.97 Å². The average Bonchev–Trinajstić information content (AvgIpc) is 2.41. The monoisotopic (exact) mass is 396 g/mol. The van der Waals surface area contributed by atoms with Gasteiger partial charge in [-0.15, -0.1) is 0 Å². The first-order valence-electron chi connectivity index (χ1n) is 5.48. The van der Waals surface area contributed by atoms with Crippen molar-refractivity contribution in [2.24, 2.45) is 0 Å². The van der Waals surface area contributed by atoms with Gasteiger partial charge in [0.2, 0.25) is 0 Å². The summed E-state index contributed by atoms with van der Waals surface area (Å²) in [5, 5.41) is 5.22. The van der Waals surface area contributed by atoms with Gasteiger partial charge in [0.05, 0.1) is 11.1 Å². The molecule has 0 aliphatic carbocycles. The zero-order chi connectivity index (χ0) is 14.3. The minimum absolute atomic E-state index is 0.210. The number of amides is 2. The third kappa shape index (κ3) is 2.32. The van der Waals surface area contributed by atoms with Crippen molar-refractivity contribution in [3.63, 3.8) is 0 Å². The molecule has 0 atom stereocenters. The molecule has 3 heterocycles. The first kappa shape index (κ1) is 13.2. The summed E-state index contributed by atoms with van der Waals surface area (Å²) < 4.78 is 1.29. The number of rotatable bonds is 0. The zero-order valence-corrected chi connectivity index (χ0v) is 12.9. The fourth-order valence-corrected chi connectivity index (χ4v) is 2.44. The molecule has 2 aromatic rings. The fourth-order valence-electron chi connectivity index (χ4n) is 1.77. The number of nitrogens with one attached hydrogen (secondary N) is 2. The second-order valence-electron chi connectivity index (χ2n) is 4.01. The third-order valence-corrected chi connectivity index (χ3v) is 3.53. The molecule has 0 spiro atoms. The Kier molecular flexibility index (Phi) is 3.27. The van der Waals surface area contributed by atoms with Crippen molar-refractivity contribution < 1.29 is 9.59 Å². The van der Waals surface area contributed by atoms with Crippen LogP contribution >= 0.6 is 31.9 Å². The first-order valence-corrected chi connectivity index (χ1v) is 7.07. The van der Waals surface area contributed by atoms with Gasteiger partial charge in [0.25, 0.3) is 11.8 Å². The van der Waals surface area contributed by atoms with Crippen LogP contribution in [-0.4, -0.2) is 21.8 Å². The van der Waals surface area contributed by atoms with E-state index in [-0.39, 0.29) is 34.6 Å². The minimum Gasteiger partial charge on any atom is -0.306 e. The second kappa shape index (κ2) is 4.95. The molecular formula is C12H6Br2N4O2. The van der Waals surface area contributed by atoms with E-state index in [0.29, 0.717) is 8.95 Å². The number of carbonyl (C=O) groups excluding carboxylic acids is 2. The molecule has 0 fully saturated rings. The zero-order valence-electron chi connectivity index (χ0n) is 9.78. The van der Waals surface area contributed by atoms with Crippen LogP contribution in [0.25, 0.3) is 0 Å². The van der Waals surface area contributed by atoms with E-state index in [9.17, 15) is 9.59 Å². The molecule has 2 aromatic heterocycles. The number of nitrogens with zero attached hydrogens (tertiary/aromatic N) is 2. The van der Waals surface area contributed by atoms with Crippen LogP contribution in [0.5, 0.6) is 0 Å². The predicted molar refractivity (Wildman–Crippen MR) is 79.8 cm³/mol. The lowest BCUT2D eigenvalue weighted by molar-refractivity contribution is 0.101. The Bertz CT molecular complexity index is 685. The number of halogens is 2. The molecule has 0 unspecified atom stereocenters. The number of fused-ring (bicyclic) bond motifs is 2. The lowest BCUT2D eigenvalue weighted by Gasteiger charge is -2.16. The smallest absolute Gasteiger partial charge is 0.260 e. The van der Waals surface area contributed by atoms with E-state index in [1.54, 1.807) is 12.1 Å². The number of pyridine rings is 2. The van der Waals surface area contributed by atoms with Crippen molar-refractivity contribution >= 4 is 55.3 Å². The van der Waals surface area contributed by atoms with E-state index in [0.717, 1.165) is 0 Å². The topological polar surface area (TPSA) is 84.0 Å². The Morgan fingerprint density at radius 2 is 1.20 bits per heavy atom. The largest absolute Gasteiger partial charge is 0.306 e. The first-order chi connectivity index (χ1) is 9.54. The Labute approximate surface area is 130 Å². The molecule has 1 aliphatic rings. The summed E-state index contributed by atoms with van der Waals surface area (Å²) in [4.78, 5) is 32.5. The van der Waals surface area contributed by atoms with Crippen molar-refractivity contribution in [3.8, 4) is 0 Å². The Morgan fingerprint density at radius 1 is 0.800 bits per heavy atom. The number of carbonyl (C=O) groups is 2. The SMILES string of the molecule is O=C1Nc2ncc(Br)cc2C(=O)Nc2ncc(Br)cc21. The van der Waals surface area contributed by atoms with Crippen LogP contribution < -0.4 is 10.6 Å². The quantitative estimate of drug-likeness (QED) is 0.715. The van der Waals surface area contributed by atoms with Crippen LogP contribution in [0, 0.1) is 0 Å². The molecule has 20 heavy (non-hydrogen) atoms. The van der Waals surface area contributed by atoms with E-state index in [1.807, 2.05) is 0 Å². The molecule has 6 nitrogen and oxygen atoms in total. The average molecular weight is 398 g/mol. The molecule has 0 aromatic carbocycles. The van der Waals surface area contributed by atoms with Gasteiger partial charge in [-0.3, -0.25) is 9.59 Å². The minimum atomic E-state index is -0.384. The van der Waals surface area contributed by atoms with Gasteiger partial charge in [0.15, 0.2) is 0 Å². The Balaban J connectivity index is 2.15. The van der Waals surface area contributed by atoms with Gasteiger partial charge in [-0.1, -0.05) is 0 Å². The molecular weight excluding hydrogens is 392 g/mol. The normalized spacial score (nSPS) is 13.5. The van der Waals surface area contributed by atoms with E-state index in [4.69, 9.17) is 0 Å². The number of hydrogen-bond donors (Lipinski definition) is 2. The summed E-state index contributed by atoms with van der Waals surface area (Å²) in [6, 6.07) is 3.17. The summed E-state index contributed by atoms with van der Waals surface area (Å²) >= 11 is 6.48. The van der Waals surface area contributed by atoms with Crippen LogP contribution in [0.3, 0.4) is 0 Å². The highest BCUT2D eigenvalue weighted by atomic mass is 79.9. The van der Waals surface area contributed by atoms with Crippen LogP contribution in [-0.2, 0) is 0 Å². The number of hydrogen-bond acceptors (Lipinski definition) is 4. The molecule has 100 valence electrons. The fraction of sp³-hybridized carbons (Fsp3) is 0. The molecule has 0 radical (unpaired) electrons. The van der Waals surface area contributed by atoms with Crippen LogP contribution in [0.2, 0.25) is 0 Å². The van der Waals surface area contributed by atoms with Gasteiger partial charge < -0.3 is 10.6 Å². The predicted octanol–water partition coefficient (Wildman–Crippen LogP) is 2.82. The van der Waals surface area contributed by atoms with E-state index >= 15 is 0 Å². The van der Waals surface area contributed by atoms with Crippen molar-refractivity contribution in [1.82, 2.24) is 9.97 Å². The van der Waals surface area contributed by atoms with Crippen LogP contribution in [0.1, 0.15) is 20.7 Å². The van der Waals surface area contributed by atoms with Crippen LogP contribution in [0.15, 0.2) is 33.5 Å². The van der Waals surface area contributed by atoms with E-state index in [1.165, 1.54) is 12.4 Å². The highest BCUT2D eigenvalue weighted by Gasteiger charge is 2.24. The molecule has 8 heteroatoms. The lowest BCUT2D eigenvalue weighted by Crippen LogP contribution is -2.25. The Morgan fingerprint density at radius 3 is 1.60 bits per heavy atom. The van der Waals surface area contributed by atoms with E-state index in [2.05, 4.69) is 52.5 Å². The second-order valence-corrected chi connectivity index (χ2v) is 5.84. The Hall–Kier alpha value is -1.80. The highest BCUT2D eigenvalue weighted by Crippen LogP contribution is 2.25. The standard InChI is InChI=1S/C12H6Br2N4O2/c13-5-1-7-9(15-3-5)17-12(20)8-2-6(14)4-16-10(8)18-11(7)19/h1-4H,(H,15,17,20)(H,16,18,19). The maximum Gasteiger partial charge on any atom is 0.260 e. The van der Waals surface area contributed by atoms with Gasteiger partial charge in [-0.05, 0) is 44.0 Å². The molecule has 2 N–H and O–H groups in total. The van der Waals surface area contributed by atoms with Crippen LogP contribution in [0.4, 0.5) is 11.6 Å². The molecule has 3 rings (SSSR count). The molecule has 1 aliphatic heterocycles. The molecule has 0 bridgehead atoms. The molecule has 2 amide bonds. The summed E-state index contributed by atoms with van der Waals surface area (Å²) in [5.41, 5.74) is 0.534. The lowest BCUT2D eigenvalue weighted by atomic mass is 10.1. The molecule has 0 saturated heterocycles. The summed E-state index contributed by atoms with van der Waals surface area (Å²) in [6.07, 6.45) is 3.02. The molecule has 0 saturated carbocycles. The summed E-state index contributed by atoms with van der Waals surface area (Å²) in [7, 11) is 0. The van der Waals surface area contributed by atoms with Gasteiger partial charge >= 0.3 is 0 Å².